The van der Waals surface area contributed by atoms with Gasteiger partial charge in [-0.05, 0) is 17.9 Å². The summed E-state index contributed by atoms with van der Waals surface area (Å²) in [4.78, 5) is 150. The van der Waals surface area contributed by atoms with Crippen LogP contribution in [-0.2, 0) is 129 Å². The number of carbonyl (C=O) groups excluding carboxylic acids is 11. The van der Waals surface area contributed by atoms with E-state index in [1.807, 2.05) is 0 Å². The van der Waals surface area contributed by atoms with Crippen LogP contribution in [0.25, 0.3) is 0 Å². The lowest BCUT2D eigenvalue weighted by molar-refractivity contribution is -0.355. The average Bonchev–Trinajstić information content (AvgIpc) is 3.37. The van der Waals surface area contributed by atoms with Crippen LogP contribution in [0.1, 0.15) is 82.6 Å². The van der Waals surface area contributed by atoms with E-state index < -0.39 is 188 Å². The molecule has 79 heavy (non-hydrogen) atoms. The van der Waals surface area contributed by atoms with Crippen molar-refractivity contribution in [3.05, 3.63) is 0 Å². The minimum atomic E-state index is -3.33. The number of carboxylic acids is 1. The van der Waals surface area contributed by atoms with Crippen molar-refractivity contribution in [3.8, 4) is 0 Å². The maximum Gasteiger partial charge on any atom is 0.365 e. The second-order valence-electron chi connectivity index (χ2n) is 17.7. The first-order valence-electron chi connectivity index (χ1n) is 24.1. The fourth-order valence-electron chi connectivity index (χ4n) is 8.51. The second kappa shape index (κ2) is 31.2. The van der Waals surface area contributed by atoms with E-state index in [0.29, 0.717) is 11.8 Å². The smallest absolute Gasteiger partial charge is 0.365 e. The average molecular weight is 1170 g/mol. The number of aliphatic carboxylic acids is 1. The Morgan fingerprint density at radius 1 is 0.557 bits per heavy atom. The topological polar surface area (TPSA) is 396 Å². The van der Waals surface area contributed by atoms with E-state index in [4.69, 9.17) is 71.1 Å². The van der Waals surface area contributed by atoms with E-state index in [1.165, 1.54) is 7.11 Å². The molecule has 0 aromatic heterocycles. The molecule has 0 radical (unpaired) electrons. The molecule has 0 aromatic rings. The zero-order valence-electron chi connectivity index (χ0n) is 45.2. The van der Waals surface area contributed by atoms with Crippen molar-refractivity contribution < 1.29 is 139 Å². The highest BCUT2D eigenvalue weighted by Crippen LogP contribution is 2.42. The molecule has 17 atom stereocenters. The van der Waals surface area contributed by atoms with Gasteiger partial charge in [0.15, 0.2) is 55.3 Å². The number of ether oxygens (including phenoxy) is 15. The Kier molecular flexibility index (Phi) is 26.6. The zero-order valence-corrected chi connectivity index (χ0v) is 46.8. The van der Waals surface area contributed by atoms with E-state index in [0.717, 1.165) is 87.9 Å². The highest BCUT2D eigenvalue weighted by molar-refractivity contribution is 8.00. The Bertz CT molecular complexity index is 2210. The second-order valence-corrected chi connectivity index (χ2v) is 20.1. The van der Waals surface area contributed by atoms with Gasteiger partial charge in [-0.1, -0.05) is 0 Å². The van der Waals surface area contributed by atoms with Gasteiger partial charge in [-0.2, -0.15) is 11.8 Å². The predicted octanol–water partition coefficient (Wildman–Crippen LogP) is -1.05. The summed E-state index contributed by atoms with van der Waals surface area (Å²) < 4.78 is 84.5. The Balaban J connectivity index is 2.05. The van der Waals surface area contributed by atoms with Crippen LogP contribution in [0.2, 0.25) is 0 Å². The first kappa shape index (κ1) is 67.4. The third kappa shape index (κ3) is 20.3. The van der Waals surface area contributed by atoms with Gasteiger partial charge in [0.2, 0.25) is 5.91 Å². The summed E-state index contributed by atoms with van der Waals surface area (Å²) >= 11 is 1.82. The van der Waals surface area contributed by atoms with Crippen LogP contribution in [-0.4, -0.2) is 222 Å². The number of hydrogen-bond acceptors (Lipinski definition) is 30. The SMILES string of the molecule is CO[C@@H]1O[C@H](COC(C)=O)[C@H](O[C@@H]2O[C@H](CSCCCS[C@@H]3[C@H](OC(C)=O)[C@@H](NC(C)=O)[C@H]([C@H](OC(C)=O)[C@@H](COC(C)=O)OC(C)=O)O[C@]3(O)C(=O)O)[C@H](OC(C)=O)[C@H](OC(C)=O)[C@H]2OC(C)=O)[C@H](OC(C)=O)[C@H]1OC(C)=O. The van der Waals surface area contributed by atoms with E-state index in [1.54, 1.807) is 0 Å². The molecule has 0 aromatic carbocycles. The summed E-state index contributed by atoms with van der Waals surface area (Å²) in [6.07, 6.45) is -23.2. The number of methoxy groups -OCH3 is 1. The molecule has 0 spiro atoms. The first-order chi connectivity index (χ1) is 36.9. The van der Waals surface area contributed by atoms with Gasteiger partial charge in [0.1, 0.15) is 49.0 Å². The molecule has 3 saturated heterocycles. The molecule has 0 aliphatic carbocycles. The highest BCUT2D eigenvalue weighted by atomic mass is 32.2. The lowest BCUT2D eigenvalue weighted by atomic mass is 9.87. The molecular weight excluding hydrogens is 1110 g/mol. The standard InChI is InChI=1S/C47H67NO29S2/c1-19(49)48-33-37(34(67-23(5)53)30(66-22(4)52)16-64-20(2)50)77-47(62,46(60)61)43(38(33)69-25(7)55)79-15-13-14-78-18-32-36(68-24(6)54)40(71-27(9)57)42(73-29(11)59)45(75-32)76-35-31(17-65-21(3)51)74-44(63-12)41(72-28(10)58)39(35)70-26(8)56/h30-45,62H,13-18H2,1-12H3,(H,48,49)(H,60,61)/t30-,31-,32-,33+,34-,35+,36+,37-,38-,39+,40+,41-,42-,43-,44-,45+,47+/m1/s1. The third-order valence-electron chi connectivity index (χ3n) is 11.1. The summed E-state index contributed by atoms with van der Waals surface area (Å²) in [5, 5.41) is 23.2. The number of hydrogen-bond donors (Lipinski definition) is 3. The van der Waals surface area contributed by atoms with Gasteiger partial charge >= 0.3 is 65.7 Å². The summed E-state index contributed by atoms with van der Waals surface area (Å²) in [7, 11) is 1.18. The van der Waals surface area contributed by atoms with Crippen molar-refractivity contribution in [3.63, 3.8) is 0 Å². The summed E-state index contributed by atoms with van der Waals surface area (Å²) in [6.45, 7) is 9.68. The number of rotatable bonds is 26. The highest BCUT2D eigenvalue weighted by Gasteiger charge is 2.64. The van der Waals surface area contributed by atoms with Crippen LogP contribution >= 0.6 is 23.5 Å². The number of carbonyl (C=O) groups is 12. The van der Waals surface area contributed by atoms with E-state index in [9.17, 15) is 67.7 Å². The number of carboxylic acid groups (broad SMARTS) is 1. The Morgan fingerprint density at radius 2 is 1.04 bits per heavy atom. The number of thioether (sulfide) groups is 2. The molecule has 3 aliphatic rings. The summed E-state index contributed by atoms with van der Waals surface area (Å²) in [5.74, 6) is -15.7. The van der Waals surface area contributed by atoms with E-state index in [-0.39, 0.29) is 23.7 Å². The van der Waals surface area contributed by atoms with Crippen LogP contribution in [0.4, 0.5) is 0 Å². The van der Waals surface area contributed by atoms with Gasteiger partial charge in [0.05, 0.1) is 6.04 Å². The van der Waals surface area contributed by atoms with Crippen LogP contribution in [0, 0.1) is 0 Å². The lowest BCUT2D eigenvalue weighted by Gasteiger charge is -2.50. The fourth-order valence-corrected chi connectivity index (χ4v) is 11.1. The minimum Gasteiger partial charge on any atom is -0.477 e. The number of esters is 10. The van der Waals surface area contributed by atoms with Gasteiger partial charge < -0.3 is 86.6 Å². The molecule has 3 rings (SSSR count). The van der Waals surface area contributed by atoms with Crippen molar-refractivity contribution in [1.29, 1.82) is 0 Å². The normalized spacial score (nSPS) is 30.0. The van der Waals surface area contributed by atoms with Crippen LogP contribution < -0.4 is 5.32 Å². The lowest BCUT2D eigenvalue weighted by Crippen LogP contribution is -2.73. The predicted molar refractivity (Wildman–Crippen MR) is 260 cm³/mol. The fraction of sp³-hybridized carbons (Fsp3) is 0.745. The molecule has 3 fully saturated rings. The summed E-state index contributed by atoms with van der Waals surface area (Å²) in [5.41, 5.74) is 0. The van der Waals surface area contributed by atoms with Gasteiger partial charge in [0.25, 0.3) is 5.79 Å². The number of aliphatic hydroxyl groups is 1. The molecular formula is C47H67NO29S2. The van der Waals surface area contributed by atoms with Crippen molar-refractivity contribution in [2.75, 3.05) is 37.6 Å². The molecule has 0 saturated carbocycles. The van der Waals surface area contributed by atoms with Crippen molar-refractivity contribution in [2.45, 2.75) is 185 Å². The van der Waals surface area contributed by atoms with Crippen molar-refractivity contribution in [1.82, 2.24) is 5.32 Å². The first-order valence-corrected chi connectivity index (χ1v) is 26.3. The van der Waals surface area contributed by atoms with Gasteiger partial charge in [0, 0.05) is 89.0 Å². The van der Waals surface area contributed by atoms with Gasteiger partial charge in [-0.3, -0.25) is 52.7 Å². The van der Waals surface area contributed by atoms with Crippen molar-refractivity contribution in [2.24, 2.45) is 0 Å². The molecule has 446 valence electrons. The van der Waals surface area contributed by atoms with Crippen LogP contribution in [0.5, 0.6) is 0 Å². The molecule has 3 N–H and O–H groups in total. The molecule has 3 aliphatic heterocycles. The van der Waals surface area contributed by atoms with Crippen molar-refractivity contribution >= 4 is 95.1 Å². The Morgan fingerprint density at radius 3 is 1.52 bits per heavy atom. The quantitative estimate of drug-likeness (QED) is 0.0528. The number of nitrogens with one attached hydrogen (secondary N) is 1. The van der Waals surface area contributed by atoms with Crippen LogP contribution in [0.15, 0.2) is 0 Å². The molecule has 32 heteroatoms. The van der Waals surface area contributed by atoms with Gasteiger partial charge in [-0.15, -0.1) is 11.8 Å². The largest absolute Gasteiger partial charge is 0.477 e. The number of amides is 1. The van der Waals surface area contributed by atoms with Gasteiger partial charge in [-0.25, -0.2) is 4.79 Å². The third-order valence-corrected chi connectivity index (χ3v) is 13.7. The molecule has 1 amide bonds. The molecule has 0 bridgehead atoms. The monoisotopic (exact) mass is 1170 g/mol. The zero-order chi connectivity index (χ0) is 59.6. The molecule has 3 heterocycles. The summed E-state index contributed by atoms with van der Waals surface area (Å²) in [6, 6.07) is -1.67. The Labute approximate surface area is 461 Å². The Hall–Kier alpha value is -5.90. The minimum absolute atomic E-state index is 0.0775. The van der Waals surface area contributed by atoms with Crippen LogP contribution in [0.3, 0.4) is 0 Å². The van der Waals surface area contributed by atoms with E-state index in [2.05, 4.69) is 5.32 Å². The van der Waals surface area contributed by atoms with E-state index >= 15 is 0 Å². The maximum atomic E-state index is 13.1. The maximum absolute atomic E-state index is 13.1. The molecule has 30 nitrogen and oxygen atoms in total. The molecule has 0 unspecified atom stereocenters.